The molecule has 3 aliphatic rings. The van der Waals surface area contributed by atoms with Gasteiger partial charge in [-0.25, -0.2) is 0 Å². The number of benzene rings is 2. The summed E-state index contributed by atoms with van der Waals surface area (Å²) in [4.78, 5) is 40.9. The molecule has 4 N–H and O–H groups in total. The second kappa shape index (κ2) is 7.75. The topological polar surface area (TPSA) is 135 Å². The molecule has 8 heteroatoms. The lowest BCUT2D eigenvalue weighted by molar-refractivity contribution is -0.153. The van der Waals surface area contributed by atoms with Crippen molar-refractivity contribution in [3.63, 3.8) is 0 Å². The number of hydrogen-bond donors (Lipinski definition) is 4. The van der Waals surface area contributed by atoms with E-state index in [1.165, 1.54) is 4.90 Å². The first kappa shape index (κ1) is 24.2. The van der Waals surface area contributed by atoms with Crippen molar-refractivity contribution in [2.24, 2.45) is 11.8 Å². The van der Waals surface area contributed by atoms with Crippen LogP contribution >= 0.6 is 0 Å². The van der Waals surface area contributed by atoms with Gasteiger partial charge < -0.3 is 20.4 Å². The third-order valence-corrected chi connectivity index (χ3v) is 8.10. The fraction of sp³-hybridized carbons (Fsp3) is 0.393. The summed E-state index contributed by atoms with van der Waals surface area (Å²) in [7, 11) is 3.23. The maximum Gasteiger partial charge on any atom is 0.202 e. The molecule has 0 aliphatic heterocycles. The van der Waals surface area contributed by atoms with Crippen LogP contribution in [0.1, 0.15) is 35.6 Å². The quantitative estimate of drug-likeness (QED) is 0.471. The van der Waals surface area contributed by atoms with Crippen molar-refractivity contribution in [3.05, 3.63) is 57.4 Å². The summed E-state index contributed by atoms with van der Waals surface area (Å²) in [6.07, 6.45) is 0.402. The summed E-state index contributed by atoms with van der Waals surface area (Å²) in [5.41, 5.74) is -0.596. The zero-order valence-corrected chi connectivity index (χ0v) is 20.8. The average molecular weight is 492 g/mol. The molecule has 1 saturated carbocycles. The smallest absolute Gasteiger partial charge is 0.202 e. The number of fused-ring (bicyclic) bond motifs is 4. The highest BCUT2D eigenvalue weighted by Crippen LogP contribution is 2.53. The maximum atomic E-state index is 13.9. The number of phenolic OH excluding ortho intramolecular Hbond substituents is 1. The van der Waals surface area contributed by atoms with E-state index in [-0.39, 0.29) is 23.3 Å². The van der Waals surface area contributed by atoms with Crippen LogP contribution in [-0.4, -0.2) is 68.4 Å². The van der Waals surface area contributed by atoms with Gasteiger partial charge in [-0.05, 0) is 82.3 Å². The van der Waals surface area contributed by atoms with Gasteiger partial charge in [0.25, 0.3) is 0 Å². The Morgan fingerprint density at radius 3 is 2.33 bits per heavy atom. The van der Waals surface area contributed by atoms with Gasteiger partial charge in [-0.15, -0.1) is 0 Å². The number of Topliss-reactive ketones (excluding diaryl/α,β-unsaturated/α-hetero) is 3. The van der Waals surface area contributed by atoms with E-state index >= 15 is 0 Å². The number of likely N-dealkylation sites (N-methyl/N-ethyl adjacent to an activating group) is 1. The SMILES string of the molecule is CC(=O)C1=C(O)[C@@]2(O)C(=O)C3=C(O)c4c(cc5c(C)cc(C)cc5c4O)C[C@H]3C[C@H]2[C@H](N(C)C)C1=O. The summed E-state index contributed by atoms with van der Waals surface area (Å²) in [5.74, 6) is -5.52. The first-order valence-electron chi connectivity index (χ1n) is 11.9. The van der Waals surface area contributed by atoms with Crippen LogP contribution in [0.2, 0.25) is 0 Å². The van der Waals surface area contributed by atoms with Gasteiger partial charge in [0.2, 0.25) is 5.78 Å². The second-order valence-electron chi connectivity index (χ2n) is 10.6. The molecule has 5 rings (SSSR count). The van der Waals surface area contributed by atoms with Crippen molar-refractivity contribution >= 4 is 33.9 Å². The van der Waals surface area contributed by atoms with Gasteiger partial charge in [0.15, 0.2) is 17.2 Å². The molecule has 8 nitrogen and oxygen atoms in total. The largest absolute Gasteiger partial charge is 0.508 e. The summed E-state index contributed by atoms with van der Waals surface area (Å²) < 4.78 is 0. The molecule has 36 heavy (non-hydrogen) atoms. The van der Waals surface area contributed by atoms with E-state index < -0.39 is 57.9 Å². The molecule has 2 aromatic rings. The van der Waals surface area contributed by atoms with Gasteiger partial charge in [0.1, 0.15) is 22.8 Å². The van der Waals surface area contributed by atoms with Crippen LogP contribution in [0.4, 0.5) is 0 Å². The number of carbonyl (C=O) groups excluding carboxylic acids is 3. The van der Waals surface area contributed by atoms with Crippen molar-refractivity contribution in [3.8, 4) is 5.75 Å². The first-order chi connectivity index (χ1) is 16.8. The zero-order chi connectivity index (χ0) is 26.4. The Morgan fingerprint density at radius 2 is 1.72 bits per heavy atom. The number of phenols is 1. The van der Waals surface area contributed by atoms with E-state index in [1.54, 1.807) is 20.2 Å². The number of aliphatic hydroxyl groups excluding tert-OH is 2. The Balaban J connectivity index is 1.77. The van der Waals surface area contributed by atoms with Crippen molar-refractivity contribution in [2.75, 3.05) is 14.1 Å². The molecule has 0 radical (unpaired) electrons. The maximum absolute atomic E-state index is 13.9. The number of nitrogens with zero attached hydrogens (tertiary/aromatic N) is 1. The predicted molar refractivity (Wildman–Crippen MR) is 133 cm³/mol. The molecule has 0 bridgehead atoms. The minimum Gasteiger partial charge on any atom is -0.508 e. The van der Waals surface area contributed by atoms with Crippen molar-refractivity contribution in [2.45, 2.75) is 45.3 Å². The molecule has 3 aliphatic carbocycles. The van der Waals surface area contributed by atoms with Crippen LogP contribution < -0.4 is 0 Å². The zero-order valence-electron chi connectivity index (χ0n) is 20.8. The molecular weight excluding hydrogens is 462 g/mol. The lowest BCUT2D eigenvalue weighted by atomic mass is 9.57. The highest BCUT2D eigenvalue weighted by molar-refractivity contribution is 6.25. The summed E-state index contributed by atoms with van der Waals surface area (Å²) in [5, 5.41) is 46.6. The van der Waals surface area contributed by atoms with E-state index in [4.69, 9.17) is 0 Å². The van der Waals surface area contributed by atoms with Crippen LogP contribution in [0, 0.1) is 25.7 Å². The lowest BCUT2D eigenvalue weighted by Gasteiger charge is -2.50. The molecule has 0 saturated heterocycles. The fourth-order valence-corrected chi connectivity index (χ4v) is 6.58. The molecule has 0 amide bonds. The Hall–Kier alpha value is -3.49. The van der Waals surface area contributed by atoms with Crippen molar-refractivity contribution in [1.82, 2.24) is 4.90 Å². The molecule has 0 aromatic heterocycles. The van der Waals surface area contributed by atoms with E-state index in [2.05, 4.69) is 0 Å². The molecule has 0 unspecified atom stereocenters. The Kier molecular flexibility index (Phi) is 5.21. The predicted octanol–water partition coefficient (Wildman–Crippen LogP) is 2.84. The Bertz CT molecular complexity index is 1460. The van der Waals surface area contributed by atoms with Gasteiger partial charge in [0, 0.05) is 16.9 Å². The van der Waals surface area contributed by atoms with Crippen LogP contribution in [0.25, 0.3) is 16.5 Å². The number of aryl methyl sites for hydroxylation is 2. The molecular formula is C28H29NO7. The highest BCUT2D eigenvalue weighted by Gasteiger charge is 2.63. The first-order valence-corrected chi connectivity index (χ1v) is 11.9. The number of carbonyl (C=O) groups is 3. The third kappa shape index (κ3) is 2.97. The number of rotatable bonds is 2. The summed E-state index contributed by atoms with van der Waals surface area (Å²) >= 11 is 0. The minimum atomic E-state index is -2.55. The fourth-order valence-electron chi connectivity index (χ4n) is 6.58. The summed E-state index contributed by atoms with van der Waals surface area (Å²) in [6, 6.07) is 4.68. The van der Waals surface area contributed by atoms with Gasteiger partial charge >= 0.3 is 0 Å². The molecule has 188 valence electrons. The standard InChI is InChI=1S/C28H29NO7/c1-11-6-12(2)16-9-14-8-15-10-18-22(29(4)5)25(33)19(13(3)30)26(34)28(18,36)27(35)21(15)24(32)20(14)23(31)17(16)7-11/h6-7,9,15,18,22,31-32,34,36H,8,10H2,1-5H3/t15-,18-,22-,28+/m0/s1. The van der Waals surface area contributed by atoms with Crippen LogP contribution in [0.5, 0.6) is 5.75 Å². The van der Waals surface area contributed by atoms with E-state index in [1.807, 2.05) is 26.0 Å². The molecule has 4 atom stereocenters. The Labute approximate surface area is 208 Å². The van der Waals surface area contributed by atoms with E-state index in [0.717, 1.165) is 23.4 Å². The van der Waals surface area contributed by atoms with E-state index in [0.29, 0.717) is 17.4 Å². The Morgan fingerprint density at radius 1 is 1.06 bits per heavy atom. The van der Waals surface area contributed by atoms with Crippen LogP contribution in [0.3, 0.4) is 0 Å². The lowest BCUT2D eigenvalue weighted by Crippen LogP contribution is -2.65. The monoisotopic (exact) mass is 491 g/mol. The molecule has 0 heterocycles. The third-order valence-electron chi connectivity index (χ3n) is 8.10. The normalized spacial score (nSPS) is 27.9. The number of hydrogen-bond acceptors (Lipinski definition) is 8. The van der Waals surface area contributed by atoms with Crippen molar-refractivity contribution in [1.29, 1.82) is 0 Å². The number of aliphatic hydroxyl groups is 3. The van der Waals surface area contributed by atoms with Gasteiger partial charge in [-0.1, -0.05) is 11.6 Å². The molecule has 2 aromatic carbocycles. The van der Waals surface area contributed by atoms with Gasteiger partial charge in [0.05, 0.1) is 11.6 Å². The van der Waals surface area contributed by atoms with Gasteiger partial charge in [-0.3, -0.25) is 19.3 Å². The van der Waals surface area contributed by atoms with Crippen molar-refractivity contribution < 1.29 is 34.8 Å². The average Bonchev–Trinajstić information content (AvgIpc) is 2.76. The van der Waals surface area contributed by atoms with E-state index in [9.17, 15) is 34.8 Å². The number of aromatic hydroxyl groups is 1. The van der Waals surface area contributed by atoms with Gasteiger partial charge in [-0.2, -0.15) is 0 Å². The highest BCUT2D eigenvalue weighted by atomic mass is 16.3. The molecule has 1 fully saturated rings. The van der Waals surface area contributed by atoms with Crippen LogP contribution in [0.15, 0.2) is 35.1 Å². The summed E-state index contributed by atoms with van der Waals surface area (Å²) in [6.45, 7) is 4.93. The minimum absolute atomic E-state index is 0.108. The molecule has 0 spiro atoms. The van der Waals surface area contributed by atoms with Crippen LogP contribution in [-0.2, 0) is 20.8 Å². The second-order valence-corrected chi connectivity index (χ2v) is 10.6. The number of ketones is 3.